The molecule has 0 atom stereocenters. The first kappa shape index (κ1) is 18.7. The number of halogens is 1. The van der Waals surface area contributed by atoms with Crippen molar-refractivity contribution in [3.63, 3.8) is 0 Å². The summed E-state index contributed by atoms with van der Waals surface area (Å²) in [4.78, 5) is -0.229. The Morgan fingerprint density at radius 3 is 2.54 bits per heavy atom. The van der Waals surface area contributed by atoms with Crippen LogP contribution in [0.25, 0.3) is 6.08 Å². The van der Waals surface area contributed by atoms with Crippen molar-refractivity contribution in [2.75, 3.05) is 0 Å². The van der Waals surface area contributed by atoms with E-state index in [0.717, 1.165) is 0 Å². The predicted octanol–water partition coefficient (Wildman–Crippen LogP) is 4.85. The summed E-state index contributed by atoms with van der Waals surface area (Å²) in [5.74, 6) is 0.110. The molecule has 1 aromatic heterocycles. The number of rotatable bonds is 3. The Morgan fingerprint density at radius 2 is 2.04 bits per heavy atom. The lowest BCUT2D eigenvalue weighted by Crippen LogP contribution is -2.12. The van der Waals surface area contributed by atoms with E-state index in [1.807, 2.05) is 20.8 Å². The largest absolute Gasteiger partial charge is 0.506 e. The molecule has 0 bridgehead atoms. The van der Waals surface area contributed by atoms with Gasteiger partial charge in [-0.2, -0.15) is 16.6 Å². The molecule has 7 heteroatoms. The highest BCUT2D eigenvalue weighted by molar-refractivity contribution is 9.10. The lowest BCUT2D eigenvalue weighted by atomic mass is 9.85. The highest BCUT2D eigenvalue weighted by atomic mass is 79.9. The fraction of sp³-hybridized carbons (Fsp3) is 0.235. The van der Waals surface area contributed by atoms with E-state index in [1.54, 1.807) is 23.6 Å². The van der Waals surface area contributed by atoms with Crippen LogP contribution in [-0.2, 0) is 15.3 Å². The number of nitrogens with zero attached hydrogens (tertiary/aromatic N) is 1. The molecule has 126 valence electrons. The van der Waals surface area contributed by atoms with Gasteiger partial charge in [0.1, 0.15) is 16.7 Å². The summed E-state index contributed by atoms with van der Waals surface area (Å²) >= 11 is 4.53. The van der Waals surface area contributed by atoms with Gasteiger partial charge in [0.2, 0.25) is 9.84 Å². The zero-order valence-corrected chi connectivity index (χ0v) is 16.6. The first-order chi connectivity index (χ1) is 11.1. The Labute approximate surface area is 154 Å². The summed E-state index contributed by atoms with van der Waals surface area (Å²) in [7, 11) is -3.84. The molecule has 2 aromatic rings. The van der Waals surface area contributed by atoms with E-state index in [0.29, 0.717) is 15.6 Å². The molecule has 0 spiro atoms. The number of thiophene rings is 1. The molecule has 0 aliphatic carbocycles. The van der Waals surface area contributed by atoms with Gasteiger partial charge in [-0.3, -0.25) is 0 Å². The average molecular weight is 426 g/mol. The van der Waals surface area contributed by atoms with Crippen molar-refractivity contribution in [1.29, 1.82) is 5.26 Å². The minimum atomic E-state index is -3.84. The van der Waals surface area contributed by atoms with Crippen LogP contribution in [0.2, 0.25) is 0 Å². The van der Waals surface area contributed by atoms with Crippen molar-refractivity contribution in [2.45, 2.75) is 31.1 Å². The molecule has 4 nitrogen and oxygen atoms in total. The monoisotopic (exact) mass is 425 g/mol. The minimum Gasteiger partial charge on any atom is -0.506 e. The number of aromatic hydroxyl groups is 1. The Balaban J connectivity index is 2.62. The normalized spacial score (nSPS) is 12.9. The van der Waals surface area contributed by atoms with Crippen molar-refractivity contribution < 1.29 is 13.5 Å². The number of phenolic OH excluding ortho intramolecular Hbond substituents is 1. The van der Waals surface area contributed by atoms with Crippen LogP contribution in [0.3, 0.4) is 0 Å². The van der Waals surface area contributed by atoms with Crippen LogP contribution in [0.4, 0.5) is 0 Å². The maximum absolute atomic E-state index is 12.5. The Bertz CT molecular complexity index is 931. The summed E-state index contributed by atoms with van der Waals surface area (Å²) in [6, 6.07) is 6.53. The van der Waals surface area contributed by atoms with Gasteiger partial charge < -0.3 is 5.11 Å². The number of sulfone groups is 1. The Morgan fingerprint density at radius 1 is 1.38 bits per heavy atom. The zero-order chi connectivity index (χ0) is 18.1. The van der Waals surface area contributed by atoms with Crippen molar-refractivity contribution in [1.82, 2.24) is 0 Å². The molecule has 1 heterocycles. The molecule has 0 fully saturated rings. The molecular weight excluding hydrogens is 410 g/mol. The fourth-order valence-electron chi connectivity index (χ4n) is 2.13. The fourth-order valence-corrected chi connectivity index (χ4v) is 4.79. The summed E-state index contributed by atoms with van der Waals surface area (Å²) < 4.78 is 25.5. The highest BCUT2D eigenvalue weighted by Gasteiger charge is 2.23. The molecule has 2 rings (SSSR count). The number of phenols is 1. The minimum absolute atomic E-state index is 0.106. The van der Waals surface area contributed by atoms with Crippen molar-refractivity contribution in [3.8, 4) is 11.8 Å². The van der Waals surface area contributed by atoms with E-state index in [2.05, 4.69) is 15.9 Å². The lowest BCUT2D eigenvalue weighted by molar-refractivity contribution is 0.443. The third-order valence-electron chi connectivity index (χ3n) is 3.40. The van der Waals surface area contributed by atoms with Gasteiger partial charge in [0.15, 0.2) is 0 Å². The molecule has 0 aliphatic rings. The van der Waals surface area contributed by atoms with Gasteiger partial charge in [0.25, 0.3) is 0 Å². The molecule has 24 heavy (non-hydrogen) atoms. The quantitative estimate of drug-likeness (QED) is 0.712. The van der Waals surface area contributed by atoms with Gasteiger partial charge >= 0.3 is 0 Å². The highest BCUT2D eigenvalue weighted by Crippen LogP contribution is 2.38. The smallest absolute Gasteiger partial charge is 0.217 e. The predicted molar refractivity (Wildman–Crippen MR) is 99.6 cm³/mol. The summed E-state index contributed by atoms with van der Waals surface area (Å²) in [5, 5.41) is 22.7. The van der Waals surface area contributed by atoms with Gasteiger partial charge in [-0.25, -0.2) is 8.42 Å². The van der Waals surface area contributed by atoms with Crippen LogP contribution in [0.5, 0.6) is 5.75 Å². The van der Waals surface area contributed by atoms with Crippen LogP contribution in [0.15, 0.2) is 43.2 Å². The van der Waals surface area contributed by atoms with E-state index in [-0.39, 0.29) is 21.0 Å². The zero-order valence-electron chi connectivity index (χ0n) is 13.4. The second-order valence-electron chi connectivity index (χ2n) is 6.23. The number of hydrogen-bond donors (Lipinski definition) is 1. The lowest BCUT2D eigenvalue weighted by Gasteiger charge is -2.21. The van der Waals surface area contributed by atoms with Gasteiger partial charge in [-0.1, -0.05) is 20.8 Å². The second-order valence-corrected chi connectivity index (χ2v) is 9.78. The number of allylic oxidation sites excluding steroid dienone is 1. The van der Waals surface area contributed by atoms with Crippen molar-refractivity contribution in [3.05, 3.63) is 49.5 Å². The summed E-state index contributed by atoms with van der Waals surface area (Å²) in [6.45, 7) is 5.82. The van der Waals surface area contributed by atoms with Crippen LogP contribution >= 0.6 is 27.3 Å². The van der Waals surface area contributed by atoms with Gasteiger partial charge in [-0.05, 0) is 56.6 Å². The first-order valence-corrected chi connectivity index (χ1v) is 10.2. The number of nitriles is 1. The third-order valence-corrected chi connectivity index (χ3v) is 6.50. The summed E-state index contributed by atoms with van der Waals surface area (Å²) in [6.07, 6.45) is 1.33. The van der Waals surface area contributed by atoms with Gasteiger partial charge in [-0.15, -0.1) is 0 Å². The molecule has 1 aromatic carbocycles. The van der Waals surface area contributed by atoms with E-state index in [1.165, 1.54) is 28.9 Å². The molecular formula is C17H16BrNO3S2. The molecule has 0 radical (unpaired) electrons. The molecule has 0 saturated carbocycles. The van der Waals surface area contributed by atoms with Crippen LogP contribution in [-0.4, -0.2) is 13.5 Å². The topological polar surface area (TPSA) is 78.2 Å². The molecule has 0 amide bonds. The summed E-state index contributed by atoms with van der Waals surface area (Å²) in [5.41, 5.74) is 0.850. The van der Waals surface area contributed by atoms with Gasteiger partial charge in [0.05, 0.1) is 9.37 Å². The van der Waals surface area contributed by atoms with Crippen LogP contribution < -0.4 is 0 Å². The van der Waals surface area contributed by atoms with Gasteiger partial charge in [0, 0.05) is 10.9 Å². The van der Waals surface area contributed by atoms with Crippen molar-refractivity contribution in [2.24, 2.45) is 0 Å². The third kappa shape index (κ3) is 3.72. The van der Waals surface area contributed by atoms with E-state index >= 15 is 0 Å². The Kier molecular flexibility index (Phi) is 5.23. The van der Waals surface area contributed by atoms with E-state index < -0.39 is 9.84 Å². The Hall–Kier alpha value is -1.62. The van der Waals surface area contributed by atoms with Crippen molar-refractivity contribution >= 4 is 43.2 Å². The first-order valence-electron chi connectivity index (χ1n) is 6.99. The van der Waals surface area contributed by atoms with E-state index in [9.17, 15) is 18.8 Å². The molecule has 0 unspecified atom stereocenters. The second kappa shape index (κ2) is 6.71. The maximum Gasteiger partial charge on any atom is 0.217 e. The van der Waals surface area contributed by atoms with E-state index in [4.69, 9.17) is 0 Å². The number of benzene rings is 1. The molecule has 1 N–H and O–H groups in total. The average Bonchev–Trinajstić information content (AvgIpc) is 3.01. The molecule has 0 aliphatic heterocycles. The molecule has 0 saturated heterocycles. The van der Waals surface area contributed by atoms with Crippen LogP contribution in [0, 0.1) is 11.3 Å². The maximum atomic E-state index is 12.5. The van der Waals surface area contributed by atoms with Crippen LogP contribution in [0.1, 0.15) is 31.9 Å². The standard InChI is InChI=1S/C17H16BrNO3S2/c1-17(2,3)14-7-11(8-15(18)16(14)20)6-13(9-19)24(21,22)12-4-5-23-10-12/h4-8,10,20H,1-3H3/b13-6-. The SMILES string of the molecule is CC(C)(C)c1cc(/C=C(/C#N)S(=O)(=O)c2ccsc2)cc(Br)c1O. The number of hydrogen-bond acceptors (Lipinski definition) is 5.